The van der Waals surface area contributed by atoms with Crippen molar-refractivity contribution in [2.45, 2.75) is 0 Å². The van der Waals surface area contributed by atoms with E-state index in [1.807, 2.05) is 72.8 Å². The first kappa shape index (κ1) is 22.5. The third-order valence-electron chi connectivity index (χ3n) is 4.78. The molecule has 0 aliphatic rings. The van der Waals surface area contributed by atoms with E-state index in [4.69, 9.17) is 16.3 Å². The van der Waals surface area contributed by atoms with Crippen LogP contribution in [0.5, 0.6) is 0 Å². The van der Waals surface area contributed by atoms with Crippen LogP contribution in [0, 0.1) is 0 Å². The van der Waals surface area contributed by atoms with E-state index < -0.39 is 24.4 Å². The summed E-state index contributed by atoms with van der Waals surface area (Å²) in [6, 6.07) is 24.4. The van der Waals surface area contributed by atoms with Crippen molar-refractivity contribution in [3.05, 3.63) is 88.8 Å². The number of para-hydroxylation sites is 1. The molecular formula is C25H19ClN2O4S. The lowest BCUT2D eigenvalue weighted by atomic mass is 10.0. The van der Waals surface area contributed by atoms with Crippen LogP contribution < -0.4 is 10.6 Å². The molecule has 0 unspecified atom stereocenters. The molecule has 0 saturated heterocycles. The van der Waals surface area contributed by atoms with Gasteiger partial charge < -0.3 is 15.4 Å². The molecule has 2 amide bonds. The van der Waals surface area contributed by atoms with Crippen LogP contribution in [0.3, 0.4) is 0 Å². The van der Waals surface area contributed by atoms with Crippen LogP contribution >= 0.6 is 22.9 Å². The summed E-state index contributed by atoms with van der Waals surface area (Å²) >= 11 is 7.53. The molecule has 0 spiro atoms. The number of halogens is 1. The first-order chi connectivity index (χ1) is 16.0. The summed E-state index contributed by atoms with van der Waals surface area (Å²) in [6.07, 6.45) is 0. The zero-order valence-electron chi connectivity index (χ0n) is 17.3. The van der Waals surface area contributed by atoms with Gasteiger partial charge in [0.15, 0.2) is 6.61 Å². The van der Waals surface area contributed by atoms with Crippen molar-refractivity contribution in [1.29, 1.82) is 0 Å². The Hall–Kier alpha value is -3.68. The molecule has 33 heavy (non-hydrogen) atoms. The summed E-state index contributed by atoms with van der Waals surface area (Å²) in [6.45, 7) is -0.848. The number of rotatable bonds is 7. The molecule has 4 aromatic rings. The topological polar surface area (TPSA) is 84.5 Å². The Morgan fingerprint density at radius 2 is 1.58 bits per heavy atom. The smallest absolute Gasteiger partial charge is 0.325 e. The average Bonchev–Trinajstić information content (AvgIpc) is 3.19. The van der Waals surface area contributed by atoms with Gasteiger partial charge in [-0.3, -0.25) is 14.4 Å². The maximum atomic E-state index is 12.4. The Morgan fingerprint density at radius 1 is 0.879 bits per heavy atom. The molecule has 3 aromatic carbocycles. The predicted octanol–water partition coefficient (Wildman–Crippen LogP) is 5.13. The third kappa shape index (κ3) is 5.39. The second-order valence-corrected chi connectivity index (χ2v) is 8.47. The van der Waals surface area contributed by atoms with Crippen molar-refractivity contribution in [3.63, 3.8) is 0 Å². The molecule has 6 nitrogen and oxygen atoms in total. The highest BCUT2D eigenvalue weighted by molar-refractivity contribution is 7.21. The van der Waals surface area contributed by atoms with Crippen LogP contribution in [0.4, 0.5) is 5.69 Å². The number of anilines is 1. The number of hydrogen-bond donors (Lipinski definition) is 2. The Labute approximate surface area is 199 Å². The van der Waals surface area contributed by atoms with E-state index in [9.17, 15) is 14.4 Å². The van der Waals surface area contributed by atoms with Crippen LogP contribution in [-0.4, -0.2) is 30.9 Å². The van der Waals surface area contributed by atoms with E-state index >= 15 is 0 Å². The summed E-state index contributed by atoms with van der Waals surface area (Å²) in [5.41, 5.74) is 2.41. The van der Waals surface area contributed by atoms with E-state index in [-0.39, 0.29) is 6.54 Å². The minimum absolute atomic E-state index is 0.320. The Morgan fingerprint density at radius 3 is 2.36 bits per heavy atom. The number of hydrogen-bond acceptors (Lipinski definition) is 5. The molecule has 2 N–H and O–H groups in total. The maximum absolute atomic E-state index is 12.4. The van der Waals surface area contributed by atoms with Crippen LogP contribution in [0.1, 0.15) is 9.67 Å². The van der Waals surface area contributed by atoms with Crippen molar-refractivity contribution >= 4 is 56.5 Å². The second kappa shape index (κ2) is 10.3. The molecule has 0 aliphatic heterocycles. The van der Waals surface area contributed by atoms with Gasteiger partial charge in [0.05, 0.1) is 5.02 Å². The van der Waals surface area contributed by atoms with Gasteiger partial charge in [-0.2, -0.15) is 0 Å². The van der Waals surface area contributed by atoms with E-state index in [0.29, 0.717) is 15.6 Å². The monoisotopic (exact) mass is 478 g/mol. The highest BCUT2D eigenvalue weighted by Gasteiger charge is 2.18. The predicted molar refractivity (Wildman–Crippen MR) is 131 cm³/mol. The van der Waals surface area contributed by atoms with Gasteiger partial charge in [-0.25, -0.2) is 0 Å². The molecule has 8 heteroatoms. The van der Waals surface area contributed by atoms with Gasteiger partial charge in [0, 0.05) is 21.3 Å². The molecule has 0 atom stereocenters. The van der Waals surface area contributed by atoms with E-state index in [1.54, 1.807) is 6.07 Å². The van der Waals surface area contributed by atoms with Crippen molar-refractivity contribution in [2.24, 2.45) is 0 Å². The summed E-state index contributed by atoms with van der Waals surface area (Å²) in [7, 11) is 0. The number of thiophene rings is 1. The fourth-order valence-electron chi connectivity index (χ4n) is 3.24. The van der Waals surface area contributed by atoms with Gasteiger partial charge in [-0.1, -0.05) is 78.3 Å². The van der Waals surface area contributed by atoms with Crippen molar-refractivity contribution < 1.29 is 19.1 Å². The quantitative estimate of drug-likeness (QED) is 0.360. The van der Waals surface area contributed by atoms with Crippen molar-refractivity contribution in [3.8, 4) is 11.1 Å². The fourth-order valence-corrected chi connectivity index (χ4v) is 4.67. The molecule has 0 fully saturated rings. The highest BCUT2D eigenvalue weighted by atomic mass is 35.5. The highest BCUT2D eigenvalue weighted by Crippen LogP contribution is 2.35. The first-order valence-corrected chi connectivity index (χ1v) is 11.3. The minimum Gasteiger partial charge on any atom is -0.454 e. The van der Waals surface area contributed by atoms with Crippen LogP contribution in [0.15, 0.2) is 78.9 Å². The van der Waals surface area contributed by atoms with Gasteiger partial charge in [-0.05, 0) is 17.7 Å². The molecule has 4 rings (SSSR count). The number of amides is 2. The van der Waals surface area contributed by atoms with Gasteiger partial charge in [0.25, 0.3) is 11.8 Å². The van der Waals surface area contributed by atoms with E-state index in [2.05, 4.69) is 10.6 Å². The van der Waals surface area contributed by atoms with Crippen LogP contribution in [0.2, 0.25) is 5.02 Å². The number of benzene rings is 3. The fraction of sp³-hybridized carbons (Fsp3) is 0.0800. The molecule has 0 aliphatic carbocycles. The first-order valence-electron chi connectivity index (χ1n) is 10.1. The Balaban J connectivity index is 1.29. The molecular weight excluding hydrogens is 460 g/mol. The number of ether oxygens (including phenoxy) is 1. The molecule has 0 saturated carbocycles. The van der Waals surface area contributed by atoms with Gasteiger partial charge in [0.1, 0.15) is 11.4 Å². The van der Waals surface area contributed by atoms with Gasteiger partial charge in [-0.15, -0.1) is 11.3 Å². The van der Waals surface area contributed by atoms with E-state index in [0.717, 1.165) is 21.2 Å². The largest absolute Gasteiger partial charge is 0.454 e. The van der Waals surface area contributed by atoms with Crippen LogP contribution in [0.25, 0.3) is 21.2 Å². The minimum atomic E-state index is -0.730. The normalized spacial score (nSPS) is 10.6. The van der Waals surface area contributed by atoms with E-state index in [1.165, 1.54) is 11.3 Å². The average molecular weight is 479 g/mol. The van der Waals surface area contributed by atoms with Crippen molar-refractivity contribution in [2.75, 3.05) is 18.5 Å². The number of fused-ring (bicyclic) bond motifs is 1. The third-order valence-corrected chi connectivity index (χ3v) is 6.46. The zero-order valence-corrected chi connectivity index (χ0v) is 18.9. The van der Waals surface area contributed by atoms with Gasteiger partial charge in [0.2, 0.25) is 0 Å². The SMILES string of the molecule is O=C(COC(=O)CNC(=O)c1sc2ccccc2c1Cl)Nc1ccccc1-c1ccccc1. The molecule has 0 bridgehead atoms. The maximum Gasteiger partial charge on any atom is 0.325 e. The zero-order chi connectivity index (χ0) is 23.2. The standard InChI is InChI=1S/C25H19ClN2O4S/c26-23-18-11-5-7-13-20(18)33-24(23)25(31)27-14-22(30)32-15-21(29)28-19-12-6-4-10-17(19)16-8-2-1-3-9-16/h1-13H,14-15H2,(H,27,31)(H,28,29). The molecule has 166 valence electrons. The molecule has 1 aromatic heterocycles. The number of esters is 1. The summed E-state index contributed by atoms with van der Waals surface area (Å²) in [4.78, 5) is 37.1. The van der Waals surface area contributed by atoms with Gasteiger partial charge >= 0.3 is 5.97 Å². The Kier molecular flexibility index (Phi) is 7.02. The lowest BCUT2D eigenvalue weighted by molar-refractivity contribution is -0.146. The van der Waals surface area contributed by atoms with Crippen molar-refractivity contribution in [1.82, 2.24) is 5.32 Å². The number of nitrogens with one attached hydrogen (secondary N) is 2. The van der Waals surface area contributed by atoms with Crippen LogP contribution in [-0.2, 0) is 14.3 Å². The summed E-state index contributed by atoms with van der Waals surface area (Å²) < 4.78 is 5.88. The molecule has 1 heterocycles. The second-order valence-electron chi connectivity index (χ2n) is 7.04. The summed E-state index contributed by atoms with van der Waals surface area (Å²) in [5.74, 6) is -1.68. The number of carbonyl (C=O) groups excluding carboxylic acids is 3. The summed E-state index contributed by atoms with van der Waals surface area (Å²) in [5, 5.41) is 6.37. The Bertz CT molecular complexity index is 1320. The lowest BCUT2D eigenvalue weighted by Crippen LogP contribution is -2.32. The molecule has 0 radical (unpaired) electrons. The lowest BCUT2D eigenvalue weighted by Gasteiger charge is -2.11. The number of carbonyl (C=O) groups is 3.